The van der Waals surface area contributed by atoms with Crippen LogP contribution < -0.4 is 0 Å². The van der Waals surface area contributed by atoms with Crippen molar-refractivity contribution < 1.29 is 14.6 Å². The Labute approximate surface area is 79.1 Å². The molecule has 1 saturated carbocycles. The molecule has 0 spiro atoms. The first-order chi connectivity index (χ1) is 5.88. The molecule has 0 radical (unpaired) electrons. The number of carboxylic acids is 1. The van der Waals surface area contributed by atoms with Gasteiger partial charge in [-0.2, -0.15) is 0 Å². The summed E-state index contributed by atoms with van der Waals surface area (Å²) in [5, 5.41) is 8.77. The molecule has 1 aliphatic rings. The van der Waals surface area contributed by atoms with Crippen molar-refractivity contribution in [2.75, 3.05) is 0 Å². The highest BCUT2D eigenvalue weighted by molar-refractivity contribution is 5.70. The predicted molar refractivity (Wildman–Crippen MR) is 49.6 cm³/mol. The normalized spacial score (nSPS) is 29.2. The summed E-state index contributed by atoms with van der Waals surface area (Å²) in [4.78, 5) is 10.7. The molecule has 0 aromatic heterocycles. The van der Waals surface area contributed by atoms with Crippen molar-refractivity contribution in [3.63, 3.8) is 0 Å². The highest BCUT2D eigenvalue weighted by Gasteiger charge is 2.32. The van der Waals surface area contributed by atoms with Gasteiger partial charge in [0.2, 0.25) is 0 Å². The first-order valence-electron chi connectivity index (χ1n) is 4.79. The minimum absolute atomic E-state index is 0.140. The van der Waals surface area contributed by atoms with Gasteiger partial charge in [0.15, 0.2) is 0 Å². The molecule has 0 aliphatic heterocycles. The molecule has 1 N–H and O–H groups in total. The van der Waals surface area contributed by atoms with Gasteiger partial charge in [0.05, 0.1) is 17.6 Å². The molecule has 13 heavy (non-hydrogen) atoms. The zero-order valence-electron chi connectivity index (χ0n) is 8.54. The van der Waals surface area contributed by atoms with Crippen LogP contribution in [0.5, 0.6) is 0 Å². The second-order valence-corrected chi connectivity index (χ2v) is 4.70. The summed E-state index contributed by atoms with van der Waals surface area (Å²) < 4.78 is 5.72. The lowest BCUT2D eigenvalue weighted by Crippen LogP contribution is -2.26. The van der Waals surface area contributed by atoms with E-state index in [0.29, 0.717) is 6.42 Å². The second-order valence-electron chi connectivity index (χ2n) is 4.70. The largest absolute Gasteiger partial charge is 0.481 e. The number of hydrogen-bond acceptors (Lipinski definition) is 2. The maximum absolute atomic E-state index is 10.7. The molecule has 0 saturated heterocycles. The van der Waals surface area contributed by atoms with E-state index in [1.54, 1.807) is 0 Å². The topological polar surface area (TPSA) is 46.5 Å². The van der Waals surface area contributed by atoms with Gasteiger partial charge < -0.3 is 9.84 Å². The van der Waals surface area contributed by atoms with Crippen LogP contribution in [0, 0.1) is 5.92 Å². The maximum atomic E-state index is 10.7. The smallest absolute Gasteiger partial charge is 0.306 e. The zero-order chi connectivity index (χ0) is 10.1. The Morgan fingerprint density at radius 2 is 2.00 bits per heavy atom. The fourth-order valence-electron chi connectivity index (χ4n) is 1.77. The van der Waals surface area contributed by atoms with Gasteiger partial charge in [-0.05, 0) is 40.0 Å². The molecule has 0 unspecified atom stereocenters. The average Bonchev–Trinajstić information content (AvgIpc) is 2.31. The quantitative estimate of drug-likeness (QED) is 0.718. The average molecular weight is 186 g/mol. The van der Waals surface area contributed by atoms with Crippen molar-refractivity contribution in [2.24, 2.45) is 5.92 Å². The number of rotatable bonds is 2. The molecular formula is C10H18O3. The third kappa shape index (κ3) is 3.35. The van der Waals surface area contributed by atoms with Gasteiger partial charge in [0.25, 0.3) is 0 Å². The Hall–Kier alpha value is -0.570. The molecule has 0 aromatic rings. The number of hydrogen-bond donors (Lipinski definition) is 1. The van der Waals surface area contributed by atoms with Gasteiger partial charge >= 0.3 is 5.97 Å². The molecule has 0 bridgehead atoms. The predicted octanol–water partition coefficient (Wildman–Crippen LogP) is 2.05. The van der Waals surface area contributed by atoms with Crippen LogP contribution >= 0.6 is 0 Å². The fraction of sp³-hybridized carbons (Fsp3) is 0.900. The van der Waals surface area contributed by atoms with Crippen molar-refractivity contribution in [3.05, 3.63) is 0 Å². The van der Waals surface area contributed by atoms with Crippen molar-refractivity contribution >= 4 is 5.97 Å². The molecule has 3 nitrogen and oxygen atoms in total. The molecule has 1 rings (SSSR count). The molecule has 76 valence electrons. The van der Waals surface area contributed by atoms with Gasteiger partial charge in [-0.15, -0.1) is 0 Å². The van der Waals surface area contributed by atoms with Crippen LogP contribution in [0.4, 0.5) is 0 Å². The minimum Gasteiger partial charge on any atom is -0.481 e. The highest BCUT2D eigenvalue weighted by Crippen LogP contribution is 2.30. The summed E-state index contributed by atoms with van der Waals surface area (Å²) in [6.07, 6.45) is 2.46. The fourth-order valence-corrected chi connectivity index (χ4v) is 1.77. The van der Waals surface area contributed by atoms with Crippen LogP contribution in [0.3, 0.4) is 0 Å². The molecule has 2 atom stereocenters. The van der Waals surface area contributed by atoms with Crippen LogP contribution in [0.25, 0.3) is 0 Å². The molecular weight excluding hydrogens is 168 g/mol. The Kier molecular flexibility index (Phi) is 2.96. The molecule has 3 heteroatoms. The summed E-state index contributed by atoms with van der Waals surface area (Å²) in [6, 6.07) is 0. The third-order valence-electron chi connectivity index (χ3n) is 2.25. The standard InChI is InChI=1S/C10H18O3/c1-10(2,3)13-8-5-4-7(6-8)9(11)12/h7-8H,4-6H2,1-3H3,(H,11,12)/t7-,8+/m1/s1. The van der Waals surface area contributed by atoms with E-state index in [0.717, 1.165) is 12.8 Å². The van der Waals surface area contributed by atoms with Crippen LogP contribution in [-0.2, 0) is 9.53 Å². The number of aliphatic carboxylic acids is 1. The van der Waals surface area contributed by atoms with E-state index in [9.17, 15) is 4.79 Å². The summed E-state index contributed by atoms with van der Waals surface area (Å²) in [6.45, 7) is 6.00. The monoisotopic (exact) mass is 186 g/mol. The lowest BCUT2D eigenvalue weighted by atomic mass is 10.1. The number of carboxylic acid groups (broad SMARTS) is 1. The van der Waals surface area contributed by atoms with Gasteiger partial charge in [-0.1, -0.05) is 0 Å². The Balaban J connectivity index is 2.38. The van der Waals surface area contributed by atoms with Gasteiger partial charge in [0.1, 0.15) is 0 Å². The van der Waals surface area contributed by atoms with Gasteiger partial charge in [0, 0.05) is 0 Å². The van der Waals surface area contributed by atoms with Crippen molar-refractivity contribution in [2.45, 2.75) is 51.7 Å². The molecule has 0 aromatic carbocycles. The maximum Gasteiger partial charge on any atom is 0.306 e. The summed E-state index contributed by atoms with van der Waals surface area (Å²) >= 11 is 0. The van der Waals surface area contributed by atoms with Crippen LogP contribution in [-0.4, -0.2) is 22.8 Å². The SMILES string of the molecule is CC(C)(C)O[C@H]1CC[C@@H](C(=O)O)C1. The van der Waals surface area contributed by atoms with Gasteiger partial charge in [-0.3, -0.25) is 4.79 Å². The Morgan fingerprint density at radius 1 is 1.38 bits per heavy atom. The summed E-state index contributed by atoms with van der Waals surface area (Å²) in [5.41, 5.74) is -0.155. The highest BCUT2D eigenvalue weighted by atomic mass is 16.5. The van der Waals surface area contributed by atoms with Crippen LogP contribution in [0.15, 0.2) is 0 Å². The summed E-state index contributed by atoms with van der Waals surface area (Å²) in [5.74, 6) is -0.868. The molecule has 1 aliphatic carbocycles. The summed E-state index contributed by atoms with van der Waals surface area (Å²) in [7, 11) is 0. The van der Waals surface area contributed by atoms with E-state index >= 15 is 0 Å². The van der Waals surface area contributed by atoms with Gasteiger partial charge in [-0.25, -0.2) is 0 Å². The van der Waals surface area contributed by atoms with E-state index in [4.69, 9.17) is 9.84 Å². The van der Waals surface area contributed by atoms with Crippen molar-refractivity contribution in [1.82, 2.24) is 0 Å². The van der Waals surface area contributed by atoms with E-state index in [-0.39, 0.29) is 17.6 Å². The Bertz CT molecular complexity index is 193. The van der Waals surface area contributed by atoms with E-state index in [1.807, 2.05) is 20.8 Å². The van der Waals surface area contributed by atoms with Crippen molar-refractivity contribution in [1.29, 1.82) is 0 Å². The van der Waals surface area contributed by atoms with E-state index in [2.05, 4.69) is 0 Å². The van der Waals surface area contributed by atoms with Crippen LogP contribution in [0.1, 0.15) is 40.0 Å². The number of carbonyl (C=O) groups is 1. The van der Waals surface area contributed by atoms with Crippen LogP contribution in [0.2, 0.25) is 0 Å². The Morgan fingerprint density at radius 3 is 2.38 bits per heavy atom. The minimum atomic E-state index is -0.681. The molecule has 0 heterocycles. The first kappa shape index (κ1) is 10.5. The molecule has 1 fully saturated rings. The van der Waals surface area contributed by atoms with E-state index in [1.165, 1.54) is 0 Å². The second kappa shape index (κ2) is 3.66. The third-order valence-corrected chi connectivity index (χ3v) is 2.25. The molecule has 0 amide bonds. The van der Waals surface area contributed by atoms with Crippen molar-refractivity contribution in [3.8, 4) is 0 Å². The lowest BCUT2D eigenvalue weighted by molar-refractivity contribution is -0.142. The lowest BCUT2D eigenvalue weighted by Gasteiger charge is -2.24. The zero-order valence-corrected chi connectivity index (χ0v) is 8.54. The first-order valence-corrected chi connectivity index (χ1v) is 4.79. The number of ether oxygens (including phenoxy) is 1. The van der Waals surface area contributed by atoms with E-state index < -0.39 is 5.97 Å².